The highest BCUT2D eigenvalue weighted by molar-refractivity contribution is 7.80. The Balaban J connectivity index is 2.66. The van der Waals surface area contributed by atoms with Crippen LogP contribution in [0.15, 0.2) is 0 Å². The molecule has 0 unspecified atom stereocenters. The molecule has 0 saturated heterocycles. The summed E-state index contributed by atoms with van der Waals surface area (Å²) in [7, 11) is 0. The SMILES string of the molecule is CC1(C)C(CS)C1(C)C. The molecule has 1 heteroatoms. The minimum Gasteiger partial charge on any atom is -0.179 e. The minimum absolute atomic E-state index is 0.536. The maximum Gasteiger partial charge on any atom is -0.00589 e. The number of rotatable bonds is 1. The molecule has 0 nitrogen and oxygen atoms in total. The summed E-state index contributed by atoms with van der Waals surface area (Å²) in [5.74, 6) is 1.87. The van der Waals surface area contributed by atoms with E-state index in [-0.39, 0.29) is 0 Å². The fourth-order valence-electron chi connectivity index (χ4n) is 1.79. The van der Waals surface area contributed by atoms with Gasteiger partial charge in [-0.25, -0.2) is 0 Å². The molecule has 0 aromatic carbocycles. The second-order valence-electron chi connectivity index (χ2n) is 4.18. The largest absolute Gasteiger partial charge is 0.179 e. The normalized spacial score (nSPS) is 30.3. The van der Waals surface area contributed by atoms with Crippen LogP contribution in [0.1, 0.15) is 27.7 Å². The van der Waals surface area contributed by atoms with Crippen LogP contribution in [-0.4, -0.2) is 5.75 Å². The Morgan fingerprint density at radius 1 is 1.11 bits per heavy atom. The molecule has 1 saturated carbocycles. The van der Waals surface area contributed by atoms with Crippen molar-refractivity contribution < 1.29 is 0 Å². The van der Waals surface area contributed by atoms with E-state index in [1.807, 2.05) is 0 Å². The van der Waals surface area contributed by atoms with E-state index >= 15 is 0 Å². The van der Waals surface area contributed by atoms with Crippen molar-refractivity contribution in [1.29, 1.82) is 0 Å². The van der Waals surface area contributed by atoms with Crippen LogP contribution in [0.3, 0.4) is 0 Å². The molecule has 0 aliphatic heterocycles. The summed E-state index contributed by atoms with van der Waals surface area (Å²) >= 11 is 4.30. The van der Waals surface area contributed by atoms with Gasteiger partial charge in [-0.2, -0.15) is 12.6 Å². The molecule has 0 atom stereocenters. The predicted molar refractivity (Wildman–Crippen MR) is 44.9 cm³/mol. The van der Waals surface area contributed by atoms with E-state index in [9.17, 15) is 0 Å². The maximum absolute atomic E-state index is 4.30. The van der Waals surface area contributed by atoms with Gasteiger partial charge in [-0.3, -0.25) is 0 Å². The summed E-state index contributed by atoms with van der Waals surface area (Å²) in [6.45, 7) is 9.31. The second-order valence-corrected chi connectivity index (χ2v) is 4.54. The van der Waals surface area contributed by atoms with Crippen molar-refractivity contribution in [3.05, 3.63) is 0 Å². The molecule has 0 bridgehead atoms. The highest BCUT2D eigenvalue weighted by Gasteiger charge is 2.63. The quantitative estimate of drug-likeness (QED) is 0.537. The van der Waals surface area contributed by atoms with Crippen LogP contribution in [-0.2, 0) is 0 Å². The predicted octanol–water partition coefficient (Wildman–Crippen LogP) is 2.60. The van der Waals surface area contributed by atoms with Crippen LogP contribution < -0.4 is 0 Å². The van der Waals surface area contributed by atoms with Gasteiger partial charge in [0.2, 0.25) is 0 Å². The Bertz CT molecular complexity index is 111. The lowest BCUT2D eigenvalue weighted by Gasteiger charge is -2.04. The highest BCUT2D eigenvalue weighted by Crippen LogP contribution is 2.68. The molecule has 1 rings (SSSR count). The molecule has 0 aromatic rings. The first-order chi connectivity index (χ1) is 3.94. The van der Waals surface area contributed by atoms with Crippen LogP contribution in [0.25, 0.3) is 0 Å². The maximum atomic E-state index is 4.30. The van der Waals surface area contributed by atoms with Gasteiger partial charge in [0.05, 0.1) is 0 Å². The van der Waals surface area contributed by atoms with Crippen LogP contribution in [0.2, 0.25) is 0 Å². The first-order valence-electron chi connectivity index (χ1n) is 3.55. The van der Waals surface area contributed by atoms with Gasteiger partial charge in [0, 0.05) is 0 Å². The van der Waals surface area contributed by atoms with Gasteiger partial charge in [-0.15, -0.1) is 0 Å². The van der Waals surface area contributed by atoms with Crippen LogP contribution >= 0.6 is 12.6 Å². The molecular formula is C8H16S. The van der Waals surface area contributed by atoms with Crippen molar-refractivity contribution in [2.24, 2.45) is 16.7 Å². The highest BCUT2D eigenvalue weighted by atomic mass is 32.1. The van der Waals surface area contributed by atoms with E-state index in [0.717, 1.165) is 11.7 Å². The first kappa shape index (κ1) is 7.46. The van der Waals surface area contributed by atoms with Gasteiger partial charge in [-0.1, -0.05) is 27.7 Å². The molecule has 0 amide bonds. The van der Waals surface area contributed by atoms with Crippen molar-refractivity contribution in [2.75, 3.05) is 5.75 Å². The number of thiol groups is 1. The fourth-order valence-corrected chi connectivity index (χ4v) is 2.70. The Morgan fingerprint density at radius 2 is 1.44 bits per heavy atom. The van der Waals surface area contributed by atoms with E-state index < -0.39 is 0 Å². The average Bonchev–Trinajstić information content (AvgIpc) is 2.00. The first-order valence-corrected chi connectivity index (χ1v) is 4.18. The topological polar surface area (TPSA) is 0 Å². The standard InChI is InChI=1S/C8H16S/c1-7(2)6(5-9)8(7,3)4/h6,9H,5H2,1-4H3. The summed E-state index contributed by atoms with van der Waals surface area (Å²) in [6, 6.07) is 0. The Hall–Kier alpha value is 0.350. The third-order valence-electron chi connectivity index (χ3n) is 3.50. The van der Waals surface area contributed by atoms with Crippen molar-refractivity contribution in [2.45, 2.75) is 27.7 Å². The molecule has 0 radical (unpaired) electrons. The van der Waals surface area contributed by atoms with Gasteiger partial charge in [0.15, 0.2) is 0 Å². The summed E-state index contributed by atoms with van der Waals surface area (Å²) in [6.07, 6.45) is 0. The number of hydrogen-bond donors (Lipinski definition) is 1. The molecule has 0 heterocycles. The Kier molecular flexibility index (Phi) is 1.40. The van der Waals surface area contributed by atoms with E-state index in [4.69, 9.17) is 0 Å². The van der Waals surface area contributed by atoms with Gasteiger partial charge >= 0.3 is 0 Å². The fraction of sp³-hybridized carbons (Fsp3) is 1.00. The molecule has 9 heavy (non-hydrogen) atoms. The van der Waals surface area contributed by atoms with Gasteiger partial charge < -0.3 is 0 Å². The Morgan fingerprint density at radius 3 is 1.44 bits per heavy atom. The van der Waals surface area contributed by atoms with Crippen LogP contribution in [0, 0.1) is 16.7 Å². The third-order valence-corrected chi connectivity index (χ3v) is 3.87. The molecule has 0 aromatic heterocycles. The third kappa shape index (κ3) is 0.739. The minimum atomic E-state index is 0.536. The lowest BCUT2D eigenvalue weighted by molar-refractivity contribution is 0.457. The van der Waals surface area contributed by atoms with Crippen molar-refractivity contribution in [3.8, 4) is 0 Å². The molecule has 54 valence electrons. The van der Waals surface area contributed by atoms with Gasteiger partial charge in [-0.05, 0) is 22.5 Å². The molecule has 1 aliphatic rings. The van der Waals surface area contributed by atoms with Crippen LogP contribution in [0.5, 0.6) is 0 Å². The summed E-state index contributed by atoms with van der Waals surface area (Å²) in [4.78, 5) is 0. The van der Waals surface area contributed by atoms with E-state index in [0.29, 0.717) is 10.8 Å². The van der Waals surface area contributed by atoms with Gasteiger partial charge in [0.1, 0.15) is 0 Å². The smallest absolute Gasteiger partial charge is 0.00589 e. The monoisotopic (exact) mass is 144 g/mol. The van der Waals surface area contributed by atoms with Crippen molar-refractivity contribution in [1.82, 2.24) is 0 Å². The van der Waals surface area contributed by atoms with Crippen molar-refractivity contribution >= 4 is 12.6 Å². The number of hydrogen-bond acceptors (Lipinski definition) is 1. The molecule has 0 spiro atoms. The second kappa shape index (κ2) is 1.69. The zero-order valence-electron chi connectivity index (χ0n) is 6.73. The zero-order valence-corrected chi connectivity index (χ0v) is 7.63. The van der Waals surface area contributed by atoms with E-state index in [2.05, 4.69) is 40.3 Å². The summed E-state index contributed by atoms with van der Waals surface area (Å²) in [5, 5.41) is 0. The Labute approximate surface area is 63.4 Å². The average molecular weight is 144 g/mol. The van der Waals surface area contributed by atoms with Crippen molar-refractivity contribution in [3.63, 3.8) is 0 Å². The molecule has 1 fully saturated rings. The zero-order chi connectivity index (χ0) is 7.28. The molecular weight excluding hydrogens is 128 g/mol. The van der Waals surface area contributed by atoms with Gasteiger partial charge in [0.25, 0.3) is 0 Å². The van der Waals surface area contributed by atoms with E-state index in [1.165, 1.54) is 0 Å². The molecule has 1 aliphatic carbocycles. The summed E-state index contributed by atoms with van der Waals surface area (Å²) < 4.78 is 0. The van der Waals surface area contributed by atoms with E-state index in [1.54, 1.807) is 0 Å². The lowest BCUT2D eigenvalue weighted by Crippen LogP contribution is -1.95. The molecule has 0 N–H and O–H groups in total. The summed E-state index contributed by atoms with van der Waals surface area (Å²) in [5.41, 5.74) is 1.07. The lowest BCUT2D eigenvalue weighted by atomic mass is 10.0. The van der Waals surface area contributed by atoms with Crippen LogP contribution in [0.4, 0.5) is 0 Å².